The number of hydrogen-bond acceptors (Lipinski definition) is 0. The molecule has 2 heteroatoms. The Kier molecular flexibility index (Phi) is 25.5. The van der Waals surface area contributed by atoms with Gasteiger partial charge in [0, 0.05) is 22.8 Å². The standard InChI is InChI=1S/C55H90N2/c1-8-15-22-23-24-25-26-27-28-29-30-31-32-37-49-44-54(50-40-45(33-16-9-2)52(38-20-13-6)46(41-50)34-17-10-3)57(56)55(49)51-42-47(35-18-11-4)53(39-21-14-7)48(43-51)36-19-12-5/h40-44H,8-39H2,1-7H3. The molecule has 2 aromatic carbocycles. The van der Waals surface area contributed by atoms with Crippen molar-refractivity contribution in [1.29, 1.82) is 0 Å². The van der Waals surface area contributed by atoms with Gasteiger partial charge in [-0.3, -0.25) is 0 Å². The van der Waals surface area contributed by atoms with Crippen LogP contribution in [0, 0.1) is 0 Å². The van der Waals surface area contributed by atoms with E-state index in [1.54, 1.807) is 15.8 Å². The van der Waals surface area contributed by atoms with Crippen LogP contribution in [-0.4, -0.2) is 4.70 Å². The maximum Gasteiger partial charge on any atom is 0.210 e. The predicted octanol–water partition coefficient (Wildman–Crippen LogP) is 18.0. The van der Waals surface area contributed by atoms with Crippen LogP contribution in [0.15, 0.2) is 35.9 Å². The van der Waals surface area contributed by atoms with E-state index in [0.717, 1.165) is 43.5 Å². The van der Waals surface area contributed by atoms with Crippen LogP contribution in [0.3, 0.4) is 0 Å². The second kappa shape index (κ2) is 29.7. The van der Waals surface area contributed by atoms with Crippen molar-refractivity contribution in [2.75, 3.05) is 0 Å². The second-order valence-electron chi connectivity index (χ2n) is 17.9. The van der Waals surface area contributed by atoms with E-state index in [4.69, 9.17) is 0 Å². The van der Waals surface area contributed by atoms with Crippen molar-refractivity contribution in [2.45, 2.75) is 254 Å². The van der Waals surface area contributed by atoms with Crippen LogP contribution in [0.4, 0.5) is 0 Å². The summed E-state index contributed by atoms with van der Waals surface area (Å²) in [6, 6.07) is 9.96. The Hall–Kier alpha value is -2.48. The lowest BCUT2D eigenvalue weighted by molar-refractivity contribution is -0.344. The molecular weight excluding hydrogens is 689 g/mol. The molecule has 0 aromatic heterocycles. The van der Waals surface area contributed by atoms with Gasteiger partial charge >= 0.3 is 0 Å². The van der Waals surface area contributed by atoms with Crippen molar-refractivity contribution in [3.63, 3.8) is 0 Å². The van der Waals surface area contributed by atoms with Crippen molar-refractivity contribution in [3.8, 4) is 0 Å². The summed E-state index contributed by atoms with van der Waals surface area (Å²) < 4.78 is 1.64. The Balaban J connectivity index is 1.98. The molecule has 0 fully saturated rings. The van der Waals surface area contributed by atoms with E-state index >= 15 is 0 Å². The maximum absolute atomic E-state index is 12.5. The van der Waals surface area contributed by atoms with Crippen LogP contribution >= 0.6 is 0 Å². The molecule has 2 aromatic rings. The van der Waals surface area contributed by atoms with Crippen molar-refractivity contribution >= 4 is 11.4 Å². The average Bonchev–Trinajstić information content (AvgIpc) is 3.55. The number of unbranched alkanes of at least 4 members (excludes halogenated alkanes) is 18. The summed E-state index contributed by atoms with van der Waals surface area (Å²) in [7, 11) is 0. The van der Waals surface area contributed by atoms with E-state index < -0.39 is 0 Å². The van der Waals surface area contributed by atoms with Gasteiger partial charge in [-0.05, 0) is 148 Å². The molecule has 57 heavy (non-hydrogen) atoms. The fourth-order valence-electron chi connectivity index (χ4n) is 9.18. The molecule has 3 rings (SSSR count). The molecule has 2 nitrogen and oxygen atoms in total. The normalized spacial score (nSPS) is 13.0. The number of nitrogens with zero attached hydrogens (tertiary/aromatic N) is 2. The lowest BCUT2D eigenvalue weighted by Crippen LogP contribution is -2.09. The van der Waals surface area contributed by atoms with Crippen molar-refractivity contribution in [3.05, 3.63) is 86.0 Å². The minimum Gasteiger partial charge on any atom is -0.493 e. The Morgan fingerprint density at radius 2 is 0.667 bits per heavy atom. The summed E-state index contributed by atoms with van der Waals surface area (Å²) in [5.74, 6) is 0. The van der Waals surface area contributed by atoms with Gasteiger partial charge in [0.25, 0.3) is 0 Å². The third-order valence-corrected chi connectivity index (χ3v) is 12.8. The Labute approximate surface area is 354 Å². The van der Waals surface area contributed by atoms with E-state index in [0.29, 0.717) is 0 Å². The van der Waals surface area contributed by atoms with Gasteiger partial charge in [0.2, 0.25) is 11.4 Å². The summed E-state index contributed by atoms with van der Waals surface area (Å²) in [6.07, 6.45) is 42.8. The molecular formula is C55H90N2. The quantitative estimate of drug-likeness (QED) is 0.0499. The van der Waals surface area contributed by atoms with Gasteiger partial charge in [-0.15, -0.1) is 0 Å². The van der Waals surface area contributed by atoms with Crippen LogP contribution in [0.1, 0.15) is 260 Å². The van der Waals surface area contributed by atoms with Crippen LogP contribution < -0.4 is 0 Å². The van der Waals surface area contributed by atoms with E-state index in [9.17, 15) is 5.53 Å². The van der Waals surface area contributed by atoms with Crippen molar-refractivity contribution in [1.82, 2.24) is 0 Å². The molecule has 0 bridgehead atoms. The highest BCUT2D eigenvalue weighted by atomic mass is 15.2. The fraction of sp³-hybridized carbons (Fsp3) is 0.709. The maximum atomic E-state index is 12.5. The summed E-state index contributed by atoms with van der Waals surface area (Å²) in [6.45, 7) is 16.2. The first-order valence-electron chi connectivity index (χ1n) is 25.2. The highest BCUT2D eigenvalue weighted by Gasteiger charge is 2.31. The van der Waals surface area contributed by atoms with Crippen molar-refractivity contribution < 1.29 is 4.70 Å². The van der Waals surface area contributed by atoms with E-state index in [2.05, 4.69) is 78.8 Å². The molecule has 0 spiro atoms. The fourth-order valence-corrected chi connectivity index (χ4v) is 9.18. The number of rotatable bonds is 34. The lowest BCUT2D eigenvalue weighted by Gasteiger charge is -2.20. The first-order valence-corrected chi connectivity index (χ1v) is 25.2. The average molecular weight is 779 g/mol. The van der Waals surface area contributed by atoms with Gasteiger partial charge in [0.05, 0.1) is 0 Å². The highest BCUT2D eigenvalue weighted by Crippen LogP contribution is 2.40. The zero-order valence-corrected chi connectivity index (χ0v) is 38.9. The summed E-state index contributed by atoms with van der Waals surface area (Å²) in [5, 5.41) is 0. The number of benzene rings is 2. The molecule has 1 aliphatic rings. The predicted molar refractivity (Wildman–Crippen MR) is 253 cm³/mol. The molecule has 0 radical (unpaired) electrons. The molecule has 0 atom stereocenters. The molecule has 0 amide bonds. The Bertz CT molecular complexity index is 1430. The zero-order valence-electron chi connectivity index (χ0n) is 38.9. The largest absolute Gasteiger partial charge is 0.493 e. The van der Waals surface area contributed by atoms with Crippen LogP contribution in [0.25, 0.3) is 16.9 Å². The number of aryl methyl sites for hydroxylation is 4. The van der Waals surface area contributed by atoms with Crippen molar-refractivity contribution in [2.24, 2.45) is 0 Å². The lowest BCUT2D eigenvalue weighted by atomic mass is 9.87. The molecule has 0 saturated carbocycles. The molecule has 0 unspecified atom stereocenters. The van der Waals surface area contributed by atoms with E-state index in [1.807, 2.05) is 0 Å². The van der Waals surface area contributed by atoms with Crippen LogP contribution in [-0.2, 0) is 38.5 Å². The zero-order chi connectivity index (χ0) is 41.1. The Morgan fingerprint density at radius 3 is 1.04 bits per heavy atom. The van der Waals surface area contributed by atoms with E-state index in [1.165, 1.54) is 212 Å². The minimum atomic E-state index is 0.993. The van der Waals surface area contributed by atoms with Gasteiger partial charge in [0.15, 0.2) is 0 Å². The third kappa shape index (κ3) is 16.6. The third-order valence-electron chi connectivity index (χ3n) is 12.8. The summed E-state index contributed by atoms with van der Waals surface area (Å²) in [4.78, 5) is 0. The highest BCUT2D eigenvalue weighted by molar-refractivity contribution is 5.79. The molecule has 0 saturated heterocycles. The minimum absolute atomic E-state index is 0.993. The SMILES string of the molecule is CCCCCCCCCCCCCCCC1=C(c2cc(CCCC)c(CCCC)c(CCCC)c2)[N+](=[N-])C(c2cc(CCCC)c(CCCC)c(CCCC)c2)=C1. The first kappa shape index (κ1) is 48.9. The number of hydrogen-bond donors (Lipinski definition) is 0. The van der Waals surface area contributed by atoms with Gasteiger partial charge in [0.1, 0.15) is 0 Å². The monoisotopic (exact) mass is 779 g/mol. The topological polar surface area (TPSA) is 25.3 Å². The first-order chi connectivity index (χ1) is 28.0. The number of allylic oxidation sites excluding steroid dienone is 2. The summed E-state index contributed by atoms with van der Waals surface area (Å²) >= 11 is 0. The molecule has 320 valence electrons. The van der Waals surface area contributed by atoms with Gasteiger partial charge in [-0.25, -0.2) is 4.70 Å². The smallest absolute Gasteiger partial charge is 0.210 e. The molecule has 1 heterocycles. The van der Waals surface area contributed by atoms with E-state index in [-0.39, 0.29) is 0 Å². The van der Waals surface area contributed by atoms with Crippen LogP contribution in [0.5, 0.6) is 0 Å². The van der Waals surface area contributed by atoms with Crippen LogP contribution in [0.2, 0.25) is 0 Å². The molecule has 0 N–H and O–H groups in total. The van der Waals surface area contributed by atoms with Gasteiger partial charge in [-0.1, -0.05) is 164 Å². The summed E-state index contributed by atoms with van der Waals surface area (Å²) in [5.41, 5.74) is 27.7. The second-order valence-corrected chi connectivity index (χ2v) is 17.9. The Morgan fingerprint density at radius 1 is 0.351 bits per heavy atom. The molecule has 1 aliphatic heterocycles. The van der Waals surface area contributed by atoms with Gasteiger partial charge in [-0.2, -0.15) is 0 Å². The molecule has 0 aliphatic carbocycles. The van der Waals surface area contributed by atoms with Gasteiger partial charge < -0.3 is 5.53 Å².